The second kappa shape index (κ2) is 9.20. The first kappa shape index (κ1) is 21.5. The molecule has 0 spiro atoms. The number of hydrazine groups is 1. The summed E-state index contributed by atoms with van der Waals surface area (Å²) >= 11 is 6.46. The van der Waals surface area contributed by atoms with E-state index in [9.17, 15) is 19.7 Å². The maximum absolute atomic E-state index is 12.2. The van der Waals surface area contributed by atoms with Crippen LogP contribution in [0.15, 0.2) is 42.6 Å². The van der Waals surface area contributed by atoms with Gasteiger partial charge in [-0.15, -0.1) is 0 Å². The van der Waals surface area contributed by atoms with Crippen molar-refractivity contribution in [3.05, 3.63) is 63.3 Å². The lowest BCUT2D eigenvalue weighted by atomic mass is 10.2. The van der Waals surface area contributed by atoms with Crippen LogP contribution >= 0.6 is 11.6 Å². The number of nitro groups is 1. The Bertz CT molecular complexity index is 1190. The van der Waals surface area contributed by atoms with Crippen LogP contribution in [0.25, 0.3) is 10.9 Å². The number of ether oxygens (including phenoxy) is 1. The van der Waals surface area contributed by atoms with E-state index in [1.54, 1.807) is 23.0 Å². The van der Waals surface area contributed by atoms with Gasteiger partial charge in [-0.2, -0.15) is 5.10 Å². The van der Waals surface area contributed by atoms with Gasteiger partial charge in [0.15, 0.2) is 6.23 Å². The molecule has 1 aromatic heterocycles. The van der Waals surface area contributed by atoms with Gasteiger partial charge < -0.3 is 10.1 Å². The van der Waals surface area contributed by atoms with Gasteiger partial charge in [0.05, 0.1) is 27.3 Å². The molecule has 0 saturated carbocycles. The van der Waals surface area contributed by atoms with Gasteiger partial charge in [0.1, 0.15) is 0 Å². The van der Waals surface area contributed by atoms with Crippen molar-refractivity contribution < 1.29 is 19.2 Å². The monoisotopic (exact) mass is 458 g/mol. The van der Waals surface area contributed by atoms with Gasteiger partial charge >= 0.3 is 6.03 Å². The number of anilines is 1. The fourth-order valence-corrected chi connectivity index (χ4v) is 3.69. The lowest BCUT2D eigenvalue weighted by Gasteiger charge is -2.23. The molecule has 2 aromatic carbocycles. The average Bonchev–Trinajstić information content (AvgIpc) is 3.25. The number of nitrogens with zero attached hydrogens (tertiary/aromatic N) is 3. The molecule has 2 heterocycles. The van der Waals surface area contributed by atoms with Crippen LogP contribution < -0.4 is 16.2 Å². The number of urea groups is 1. The Morgan fingerprint density at radius 1 is 1.22 bits per heavy atom. The van der Waals surface area contributed by atoms with Gasteiger partial charge in [-0.25, -0.2) is 14.9 Å². The summed E-state index contributed by atoms with van der Waals surface area (Å²) in [6.07, 6.45) is 4.41. The van der Waals surface area contributed by atoms with Crippen LogP contribution in [0.3, 0.4) is 0 Å². The molecule has 1 saturated heterocycles. The highest BCUT2D eigenvalue weighted by molar-refractivity contribution is 6.38. The minimum Gasteiger partial charge on any atom is -0.356 e. The van der Waals surface area contributed by atoms with E-state index >= 15 is 0 Å². The fraction of sp³-hybridized carbons (Fsp3) is 0.250. The maximum Gasteiger partial charge on any atom is 0.337 e. The van der Waals surface area contributed by atoms with E-state index in [1.807, 2.05) is 0 Å². The average molecular weight is 459 g/mol. The van der Waals surface area contributed by atoms with E-state index in [0.717, 1.165) is 30.8 Å². The minimum absolute atomic E-state index is 0.0243. The number of carbonyl (C=O) groups is 2. The molecule has 11 nitrogen and oxygen atoms in total. The maximum atomic E-state index is 12.2. The number of nitro benzene ring substituents is 1. The second-order valence-corrected chi connectivity index (χ2v) is 7.49. The summed E-state index contributed by atoms with van der Waals surface area (Å²) in [7, 11) is 0. The number of rotatable bonds is 4. The molecule has 1 unspecified atom stereocenters. The van der Waals surface area contributed by atoms with Crippen molar-refractivity contribution in [1.82, 2.24) is 20.6 Å². The fourth-order valence-electron chi connectivity index (χ4n) is 3.43. The lowest BCUT2D eigenvalue weighted by molar-refractivity contribution is -0.384. The van der Waals surface area contributed by atoms with Crippen LogP contribution in [-0.4, -0.2) is 33.2 Å². The smallest absolute Gasteiger partial charge is 0.337 e. The van der Waals surface area contributed by atoms with E-state index in [2.05, 4.69) is 21.3 Å². The largest absolute Gasteiger partial charge is 0.356 e. The van der Waals surface area contributed by atoms with Crippen LogP contribution in [0.1, 0.15) is 35.8 Å². The van der Waals surface area contributed by atoms with Crippen LogP contribution in [0.4, 0.5) is 16.2 Å². The van der Waals surface area contributed by atoms with E-state index < -0.39 is 16.9 Å². The molecule has 0 radical (unpaired) electrons. The van der Waals surface area contributed by atoms with Crippen molar-refractivity contribution in [3.8, 4) is 0 Å². The summed E-state index contributed by atoms with van der Waals surface area (Å²) < 4.78 is 7.56. The van der Waals surface area contributed by atoms with Crippen molar-refractivity contribution in [3.63, 3.8) is 0 Å². The van der Waals surface area contributed by atoms with E-state index in [0.29, 0.717) is 22.7 Å². The van der Waals surface area contributed by atoms with E-state index in [1.165, 1.54) is 18.2 Å². The molecule has 12 heteroatoms. The van der Waals surface area contributed by atoms with Gasteiger partial charge in [0.2, 0.25) is 0 Å². The van der Waals surface area contributed by atoms with E-state index in [-0.39, 0.29) is 17.5 Å². The number of carbonyl (C=O) groups excluding carboxylic acids is 2. The number of hydrogen-bond acceptors (Lipinski definition) is 6. The molecule has 166 valence electrons. The molecule has 3 amide bonds. The Hall–Kier alpha value is -3.70. The Kier molecular flexibility index (Phi) is 6.19. The molecule has 1 atom stereocenters. The van der Waals surface area contributed by atoms with Gasteiger partial charge in [0, 0.05) is 29.7 Å². The SMILES string of the molecule is O=C(NNC(=O)c1cccc([N+](=O)[O-])c1)Nc1ccc2c(cnn2C2CCCCO2)c1Cl. The normalized spacial score (nSPS) is 15.8. The predicted octanol–water partition coefficient (Wildman–Crippen LogP) is 3.76. The number of fused-ring (bicyclic) bond motifs is 1. The number of benzene rings is 2. The molecule has 4 rings (SSSR count). The molecular formula is C20H19ClN6O5. The topological polar surface area (TPSA) is 140 Å². The Labute approximate surface area is 186 Å². The van der Waals surface area contributed by atoms with Crippen molar-refractivity contribution >= 4 is 45.8 Å². The quantitative estimate of drug-likeness (QED) is 0.401. The van der Waals surface area contributed by atoms with Gasteiger partial charge in [-0.3, -0.25) is 20.3 Å². The molecule has 1 aliphatic rings. The third-order valence-corrected chi connectivity index (χ3v) is 5.41. The molecule has 1 aliphatic heterocycles. The Balaban J connectivity index is 1.41. The van der Waals surface area contributed by atoms with Crippen LogP contribution in [0, 0.1) is 10.1 Å². The van der Waals surface area contributed by atoms with Crippen LogP contribution in [0.2, 0.25) is 5.02 Å². The van der Waals surface area contributed by atoms with Crippen molar-refractivity contribution in [2.45, 2.75) is 25.5 Å². The third kappa shape index (κ3) is 4.48. The first-order valence-corrected chi connectivity index (χ1v) is 10.2. The second-order valence-electron chi connectivity index (χ2n) is 7.11. The summed E-state index contributed by atoms with van der Waals surface area (Å²) in [6, 6.07) is 7.80. The van der Waals surface area contributed by atoms with Crippen LogP contribution in [-0.2, 0) is 4.74 Å². The molecule has 1 fully saturated rings. The highest BCUT2D eigenvalue weighted by Gasteiger charge is 2.20. The molecular weight excluding hydrogens is 440 g/mol. The summed E-state index contributed by atoms with van der Waals surface area (Å²) in [5.74, 6) is -0.709. The summed E-state index contributed by atoms with van der Waals surface area (Å²) in [4.78, 5) is 34.6. The number of aromatic nitrogens is 2. The number of halogens is 1. The molecule has 3 aromatic rings. The standard InChI is InChI=1S/C20H19ClN6O5/c21-18-14-11-22-26(17-6-1-2-9-32-17)16(14)8-7-15(18)23-20(29)25-24-19(28)12-4-3-5-13(10-12)27(30)31/h3-5,7-8,10-11,17H,1-2,6,9H2,(H,24,28)(H2,23,25,29). The number of amides is 3. The predicted molar refractivity (Wildman–Crippen MR) is 116 cm³/mol. The number of hydrogen-bond donors (Lipinski definition) is 3. The first-order valence-electron chi connectivity index (χ1n) is 9.83. The highest BCUT2D eigenvalue weighted by Crippen LogP contribution is 2.33. The number of nitrogens with one attached hydrogen (secondary N) is 3. The zero-order valence-corrected chi connectivity index (χ0v) is 17.5. The minimum atomic E-state index is -0.743. The summed E-state index contributed by atoms with van der Waals surface area (Å²) in [5.41, 5.74) is 5.28. The summed E-state index contributed by atoms with van der Waals surface area (Å²) in [6.45, 7) is 0.682. The van der Waals surface area contributed by atoms with Gasteiger partial charge in [0.25, 0.3) is 11.6 Å². The third-order valence-electron chi connectivity index (χ3n) is 5.00. The lowest BCUT2D eigenvalue weighted by Crippen LogP contribution is -2.43. The van der Waals surface area contributed by atoms with E-state index in [4.69, 9.17) is 16.3 Å². The first-order chi connectivity index (χ1) is 15.4. The Morgan fingerprint density at radius 2 is 2.06 bits per heavy atom. The molecule has 3 N–H and O–H groups in total. The highest BCUT2D eigenvalue weighted by atomic mass is 35.5. The molecule has 32 heavy (non-hydrogen) atoms. The van der Waals surface area contributed by atoms with Crippen molar-refractivity contribution in [1.29, 1.82) is 0 Å². The van der Waals surface area contributed by atoms with Crippen LogP contribution in [0.5, 0.6) is 0 Å². The van der Waals surface area contributed by atoms with Crippen molar-refractivity contribution in [2.75, 3.05) is 11.9 Å². The molecule has 0 aliphatic carbocycles. The Morgan fingerprint density at radius 3 is 2.81 bits per heavy atom. The van der Waals surface area contributed by atoms with Gasteiger partial charge in [-0.1, -0.05) is 17.7 Å². The summed E-state index contributed by atoms with van der Waals surface area (Å²) in [5, 5.41) is 18.7. The zero-order chi connectivity index (χ0) is 22.7. The zero-order valence-electron chi connectivity index (χ0n) is 16.7. The molecule has 0 bridgehead atoms. The number of non-ortho nitro benzene ring substituents is 1. The van der Waals surface area contributed by atoms with Gasteiger partial charge in [-0.05, 0) is 37.5 Å². The van der Waals surface area contributed by atoms with Crippen molar-refractivity contribution in [2.24, 2.45) is 0 Å².